The zero-order chi connectivity index (χ0) is 15.9. The highest BCUT2D eigenvalue weighted by Crippen LogP contribution is 2.13. The molecule has 0 saturated heterocycles. The van der Waals surface area contributed by atoms with E-state index in [2.05, 4.69) is 29.5 Å². The van der Waals surface area contributed by atoms with Crippen molar-refractivity contribution in [2.45, 2.75) is 32.7 Å². The number of hydrogen-bond acceptors (Lipinski definition) is 3. The third-order valence-electron chi connectivity index (χ3n) is 3.33. The SMILES string of the molecule is CCC(C)Nc1ccc(NC(=O)Cc2ccc(Cl)cc2)cn1. The first-order valence-corrected chi connectivity index (χ1v) is 7.71. The second-order valence-corrected chi connectivity index (χ2v) is 5.67. The molecule has 1 heterocycles. The van der Waals surface area contributed by atoms with E-state index in [9.17, 15) is 4.79 Å². The van der Waals surface area contributed by atoms with Crippen molar-refractivity contribution in [1.82, 2.24) is 4.98 Å². The monoisotopic (exact) mass is 317 g/mol. The van der Waals surface area contributed by atoms with Gasteiger partial charge < -0.3 is 10.6 Å². The zero-order valence-corrected chi connectivity index (χ0v) is 13.5. The molecule has 0 bridgehead atoms. The van der Waals surface area contributed by atoms with E-state index in [1.165, 1.54) is 0 Å². The molecule has 22 heavy (non-hydrogen) atoms. The molecule has 116 valence electrons. The Morgan fingerprint density at radius 2 is 1.95 bits per heavy atom. The highest BCUT2D eigenvalue weighted by molar-refractivity contribution is 6.30. The fourth-order valence-corrected chi connectivity index (χ4v) is 2.03. The summed E-state index contributed by atoms with van der Waals surface area (Å²) in [7, 11) is 0. The topological polar surface area (TPSA) is 54.0 Å². The van der Waals surface area contributed by atoms with Crippen molar-refractivity contribution >= 4 is 29.0 Å². The summed E-state index contributed by atoms with van der Waals surface area (Å²) in [5, 5.41) is 6.78. The number of amides is 1. The van der Waals surface area contributed by atoms with Crippen molar-refractivity contribution in [2.75, 3.05) is 10.6 Å². The minimum Gasteiger partial charge on any atom is -0.368 e. The van der Waals surface area contributed by atoms with Gasteiger partial charge in [0.2, 0.25) is 5.91 Å². The van der Waals surface area contributed by atoms with Crippen LogP contribution in [0.1, 0.15) is 25.8 Å². The quantitative estimate of drug-likeness (QED) is 0.842. The lowest BCUT2D eigenvalue weighted by Crippen LogP contribution is -2.16. The Morgan fingerprint density at radius 1 is 1.23 bits per heavy atom. The molecule has 0 aliphatic rings. The van der Waals surface area contributed by atoms with Crippen LogP contribution in [0.3, 0.4) is 0 Å². The standard InChI is InChI=1S/C17H20ClN3O/c1-3-12(2)20-16-9-8-15(11-19-16)21-17(22)10-13-4-6-14(18)7-5-13/h4-9,11-12H,3,10H2,1-2H3,(H,19,20)(H,21,22). The number of halogens is 1. The molecule has 2 N–H and O–H groups in total. The second-order valence-electron chi connectivity index (χ2n) is 5.24. The smallest absolute Gasteiger partial charge is 0.228 e. The van der Waals surface area contributed by atoms with Gasteiger partial charge in [0.05, 0.1) is 18.3 Å². The van der Waals surface area contributed by atoms with Crippen molar-refractivity contribution in [3.63, 3.8) is 0 Å². The third-order valence-corrected chi connectivity index (χ3v) is 3.58. The Labute approximate surface area is 135 Å². The van der Waals surface area contributed by atoms with Crippen LogP contribution in [0.15, 0.2) is 42.6 Å². The molecule has 0 fully saturated rings. The van der Waals surface area contributed by atoms with Crippen LogP contribution in [0.2, 0.25) is 5.02 Å². The maximum atomic E-state index is 12.0. The summed E-state index contributed by atoms with van der Waals surface area (Å²) < 4.78 is 0. The Balaban J connectivity index is 1.90. The molecule has 0 radical (unpaired) electrons. The highest BCUT2D eigenvalue weighted by Gasteiger charge is 2.05. The third kappa shape index (κ3) is 5.04. The number of benzene rings is 1. The number of nitrogens with zero attached hydrogens (tertiary/aromatic N) is 1. The van der Waals surface area contributed by atoms with Gasteiger partial charge in [0, 0.05) is 11.1 Å². The average molecular weight is 318 g/mol. The predicted molar refractivity (Wildman–Crippen MR) is 91.4 cm³/mol. The predicted octanol–water partition coefficient (Wildman–Crippen LogP) is 4.13. The molecular weight excluding hydrogens is 298 g/mol. The van der Waals surface area contributed by atoms with E-state index in [1.54, 1.807) is 18.3 Å². The Bertz CT molecular complexity index is 611. The summed E-state index contributed by atoms with van der Waals surface area (Å²) in [5.74, 6) is 0.733. The first-order valence-electron chi connectivity index (χ1n) is 7.33. The molecule has 0 aliphatic heterocycles. The van der Waals surface area contributed by atoms with E-state index >= 15 is 0 Å². The van der Waals surface area contributed by atoms with E-state index in [0.717, 1.165) is 17.8 Å². The van der Waals surface area contributed by atoms with E-state index < -0.39 is 0 Å². The van der Waals surface area contributed by atoms with Crippen LogP contribution in [0.5, 0.6) is 0 Å². The van der Waals surface area contributed by atoms with Crippen LogP contribution < -0.4 is 10.6 Å². The fourth-order valence-electron chi connectivity index (χ4n) is 1.90. The molecule has 4 nitrogen and oxygen atoms in total. The van der Waals surface area contributed by atoms with Gasteiger partial charge in [-0.25, -0.2) is 4.98 Å². The van der Waals surface area contributed by atoms with E-state index in [4.69, 9.17) is 11.6 Å². The van der Waals surface area contributed by atoms with Crippen molar-refractivity contribution in [2.24, 2.45) is 0 Å². The molecule has 2 aromatic rings. The van der Waals surface area contributed by atoms with Gasteiger partial charge in [-0.3, -0.25) is 4.79 Å². The van der Waals surface area contributed by atoms with Gasteiger partial charge in [-0.05, 0) is 43.2 Å². The van der Waals surface area contributed by atoms with Crippen LogP contribution in [-0.2, 0) is 11.2 Å². The van der Waals surface area contributed by atoms with Gasteiger partial charge in [-0.15, -0.1) is 0 Å². The summed E-state index contributed by atoms with van der Waals surface area (Å²) in [6.07, 6.45) is 3.00. The largest absolute Gasteiger partial charge is 0.368 e. The molecule has 0 aliphatic carbocycles. The Morgan fingerprint density at radius 3 is 2.55 bits per heavy atom. The summed E-state index contributed by atoms with van der Waals surface area (Å²) in [6.45, 7) is 4.21. The van der Waals surface area contributed by atoms with Gasteiger partial charge >= 0.3 is 0 Å². The lowest BCUT2D eigenvalue weighted by atomic mass is 10.1. The summed E-state index contributed by atoms with van der Waals surface area (Å²) in [4.78, 5) is 16.3. The minimum absolute atomic E-state index is 0.0771. The number of rotatable bonds is 6. The second kappa shape index (κ2) is 7.80. The van der Waals surface area contributed by atoms with E-state index in [0.29, 0.717) is 23.2 Å². The molecule has 0 spiro atoms. The first kappa shape index (κ1) is 16.3. The van der Waals surface area contributed by atoms with Crippen molar-refractivity contribution in [3.8, 4) is 0 Å². The maximum absolute atomic E-state index is 12.0. The number of nitrogens with one attached hydrogen (secondary N) is 2. The normalized spacial score (nSPS) is 11.8. The number of aromatic nitrogens is 1. The zero-order valence-electron chi connectivity index (χ0n) is 12.8. The Kier molecular flexibility index (Phi) is 5.78. The lowest BCUT2D eigenvalue weighted by Gasteiger charge is -2.12. The van der Waals surface area contributed by atoms with Crippen LogP contribution >= 0.6 is 11.6 Å². The minimum atomic E-state index is -0.0771. The van der Waals surface area contributed by atoms with Gasteiger partial charge in [0.1, 0.15) is 5.82 Å². The molecule has 1 unspecified atom stereocenters. The average Bonchev–Trinajstić information content (AvgIpc) is 2.51. The van der Waals surface area contributed by atoms with Crippen LogP contribution in [0, 0.1) is 0 Å². The number of hydrogen-bond donors (Lipinski definition) is 2. The van der Waals surface area contributed by atoms with Gasteiger partial charge in [-0.2, -0.15) is 0 Å². The molecular formula is C17H20ClN3O. The molecule has 5 heteroatoms. The van der Waals surface area contributed by atoms with Crippen LogP contribution in [0.25, 0.3) is 0 Å². The van der Waals surface area contributed by atoms with Crippen molar-refractivity contribution in [3.05, 3.63) is 53.2 Å². The number of pyridine rings is 1. The number of carbonyl (C=O) groups is 1. The first-order chi connectivity index (χ1) is 10.6. The molecule has 1 amide bonds. The summed E-state index contributed by atoms with van der Waals surface area (Å²) in [5.41, 5.74) is 1.61. The van der Waals surface area contributed by atoms with E-state index in [-0.39, 0.29) is 5.91 Å². The maximum Gasteiger partial charge on any atom is 0.228 e. The molecule has 0 saturated carbocycles. The summed E-state index contributed by atoms with van der Waals surface area (Å²) >= 11 is 5.82. The van der Waals surface area contributed by atoms with Crippen LogP contribution in [-0.4, -0.2) is 16.9 Å². The number of anilines is 2. The van der Waals surface area contributed by atoms with Crippen molar-refractivity contribution < 1.29 is 4.79 Å². The Hall–Kier alpha value is -2.07. The van der Waals surface area contributed by atoms with Gasteiger partial charge in [-0.1, -0.05) is 30.7 Å². The van der Waals surface area contributed by atoms with Gasteiger partial charge in [0.15, 0.2) is 0 Å². The molecule has 1 aromatic carbocycles. The highest BCUT2D eigenvalue weighted by atomic mass is 35.5. The summed E-state index contributed by atoms with van der Waals surface area (Å²) in [6, 6.07) is 11.3. The molecule has 1 aromatic heterocycles. The molecule has 1 atom stereocenters. The van der Waals surface area contributed by atoms with Gasteiger partial charge in [0.25, 0.3) is 0 Å². The van der Waals surface area contributed by atoms with Crippen molar-refractivity contribution in [1.29, 1.82) is 0 Å². The number of carbonyl (C=O) groups excluding carboxylic acids is 1. The van der Waals surface area contributed by atoms with Crippen LogP contribution in [0.4, 0.5) is 11.5 Å². The fraction of sp³-hybridized carbons (Fsp3) is 0.294. The lowest BCUT2D eigenvalue weighted by molar-refractivity contribution is -0.115. The van der Waals surface area contributed by atoms with E-state index in [1.807, 2.05) is 24.3 Å². The molecule has 2 rings (SSSR count).